The number of aromatic nitrogens is 2. The second kappa shape index (κ2) is 19.6. The Morgan fingerprint density at radius 2 is 1.82 bits per heavy atom. The van der Waals surface area contributed by atoms with E-state index in [0.717, 1.165) is 62.2 Å². The monoisotopic (exact) mass is 890 g/mol. The largest absolute Gasteiger partial charge is 0.495 e. The highest BCUT2D eigenvalue weighted by Crippen LogP contribution is 2.33. The first-order valence-electron chi connectivity index (χ1n) is 18.0. The topological polar surface area (TPSA) is 129 Å². The van der Waals surface area contributed by atoms with Crippen molar-refractivity contribution in [1.82, 2.24) is 24.1 Å². The number of rotatable bonds is 18. The SMILES string of the molecule is COc1cc(C(=O)NCCC2CCN(CC3CCN(Br)CC3)CC2)ccc1Nc1ncc(N)c(N(CC(F)(F)C(=O)C(C)C)C(C)CCCI)n1. The molecule has 4 N–H and O–H groups in total. The van der Waals surface area contributed by atoms with Crippen molar-refractivity contribution >= 4 is 73.6 Å². The molecule has 1 unspecified atom stereocenters. The molecule has 2 fully saturated rings. The average molecular weight is 892 g/mol. The van der Waals surface area contributed by atoms with Crippen LogP contribution in [0.1, 0.15) is 76.1 Å². The maximum absolute atomic E-state index is 15.2. The number of nitrogens with two attached hydrogens (primary N) is 1. The molecule has 2 saturated heterocycles. The molecule has 2 aliphatic heterocycles. The van der Waals surface area contributed by atoms with E-state index in [-0.39, 0.29) is 29.4 Å². The normalized spacial score (nSPS) is 17.4. The van der Waals surface area contributed by atoms with Gasteiger partial charge in [0.25, 0.3) is 5.91 Å². The molecule has 284 valence electrons. The Labute approximate surface area is 323 Å². The number of nitrogens with one attached hydrogen (secondary N) is 2. The minimum absolute atomic E-state index is 0.106. The van der Waals surface area contributed by atoms with Crippen molar-refractivity contribution in [3.63, 3.8) is 0 Å². The van der Waals surface area contributed by atoms with Crippen LogP contribution in [-0.2, 0) is 4.79 Å². The van der Waals surface area contributed by atoms with Crippen LogP contribution in [0.4, 0.5) is 31.9 Å². The molecule has 0 aliphatic carbocycles. The number of carbonyl (C=O) groups excluding carboxylic acids is 2. The smallest absolute Gasteiger partial charge is 0.322 e. The lowest BCUT2D eigenvalue weighted by Crippen LogP contribution is -2.48. The summed E-state index contributed by atoms with van der Waals surface area (Å²) >= 11 is 5.84. The number of carbonyl (C=O) groups is 2. The van der Waals surface area contributed by atoms with Gasteiger partial charge in [0.05, 0.1) is 31.2 Å². The second-order valence-electron chi connectivity index (χ2n) is 14.2. The van der Waals surface area contributed by atoms with Crippen LogP contribution < -0.4 is 26.0 Å². The summed E-state index contributed by atoms with van der Waals surface area (Å²) in [4.78, 5) is 38.3. The van der Waals surface area contributed by atoms with E-state index in [4.69, 9.17) is 10.5 Å². The molecule has 0 saturated carbocycles. The van der Waals surface area contributed by atoms with Gasteiger partial charge in [-0.05, 0) is 99.4 Å². The number of ketones is 1. The number of piperidine rings is 2. The molecule has 1 aromatic carbocycles. The van der Waals surface area contributed by atoms with Crippen molar-refractivity contribution in [3.8, 4) is 5.75 Å². The third-order valence-corrected chi connectivity index (χ3v) is 11.4. The van der Waals surface area contributed by atoms with Crippen molar-refractivity contribution < 1.29 is 23.1 Å². The first-order chi connectivity index (χ1) is 24.3. The van der Waals surface area contributed by atoms with Gasteiger partial charge in [-0.1, -0.05) is 36.4 Å². The highest BCUT2D eigenvalue weighted by Gasteiger charge is 2.43. The van der Waals surface area contributed by atoms with Crippen LogP contribution in [0.15, 0.2) is 24.4 Å². The Hall–Kier alpha value is -2.37. The fourth-order valence-electron chi connectivity index (χ4n) is 6.81. The molecule has 0 radical (unpaired) electrons. The number of nitrogens with zero attached hydrogens (tertiary/aromatic N) is 5. The van der Waals surface area contributed by atoms with Crippen molar-refractivity contribution in [1.29, 1.82) is 0 Å². The Bertz CT molecular complexity index is 1440. The highest BCUT2D eigenvalue weighted by molar-refractivity contribution is 14.1. The molecule has 0 bridgehead atoms. The van der Waals surface area contributed by atoms with Crippen molar-refractivity contribution in [3.05, 3.63) is 30.0 Å². The molecule has 51 heavy (non-hydrogen) atoms. The van der Waals surface area contributed by atoms with Gasteiger partial charge in [-0.2, -0.15) is 13.8 Å². The van der Waals surface area contributed by atoms with Crippen molar-refractivity contribution in [2.75, 3.05) is 73.3 Å². The van der Waals surface area contributed by atoms with Crippen LogP contribution in [-0.4, -0.2) is 99.8 Å². The van der Waals surface area contributed by atoms with Crippen LogP contribution in [0, 0.1) is 17.8 Å². The lowest BCUT2D eigenvalue weighted by molar-refractivity contribution is -0.145. The third-order valence-electron chi connectivity index (χ3n) is 9.94. The van der Waals surface area contributed by atoms with Gasteiger partial charge in [0.1, 0.15) is 5.75 Å². The first-order valence-corrected chi connectivity index (χ1v) is 20.3. The summed E-state index contributed by atoms with van der Waals surface area (Å²) in [5.74, 6) is -3.75. The van der Waals surface area contributed by atoms with E-state index < -0.39 is 24.2 Å². The Morgan fingerprint density at radius 1 is 1.14 bits per heavy atom. The van der Waals surface area contributed by atoms with Crippen LogP contribution in [0.25, 0.3) is 0 Å². The second-order valence-corrected chi connectivity index (χ2v) is 16.3. The molecule has 4 rings (SSSR count). The summed E-state index contributed by atoms with van der Waals surface area (Å²) in [6.07, 6.45) is 8.52. The molecule has 0 spiro atoms. The molecular weight excluding hydrogens is 837 g/mol. The standard InChI is InChI=1S/C36H54BrF2IN8O3/c1-24(2)32(49)36(38,39)23-48(25(3)6-5-14-40)33-29(41)21-43-35(45-33)44-30-8-7-28(20-31(30)51-4)34(50)42-15-9-26-10-16-46(17-11-26)22-27-12-18-47(37)19-13-27/h7-8,20-21,24-27H,5-6,9-19,22-23,41H2,1-4H3,(H,42,50)(H,43,44,45). The zero-order chi connectivity index (χ0) is 37.1. The lowest BCUT2D eigenvalue weighted by atomic mass is 9.91. The van der Waals surface area contributed by atoms with Crippen LogP contribution in [0.3, 0.4) is 0 Å². The minimum atomic E-state index is -3.60. The van der Waals surface area contributed by atoms with Gasteiger partial charge in [0.2, 0.25) is 11.7 Å². The van der Waals surface area contributed by atoms with E-state index in [9.17, 15) is 9.59 Å². The molecular formula is C36H54BrF2IN8O3. The fraction of sp³-hybridized carbons (Fsp3) is 0.667. The minimum Gasteiger partial charge on any atom is -0.495 e. The Morgan fingerprint density at radius 3 is 2.47 bits per heavy atom. The summed E-state index contributed by atoms with van der Waals surface area (Å²) in [6.45, 7) is 10.2. The van der Waals surface area contributed by atoms with Crippen LogP contribution in [0.5, 0.6) is 5.75 Å². The van der Waals surface area contributed by atoms with Gasteiger partial charge in [0.15, 0.2) is 5.82 Å². The number of hydrogen-bond acceptors (Lipinski definition) is 10. The number of hydrogen-bond donors (Lipinski definition) is 3. The number of nitrogen functional groups attached to an aromatic ring is 1. The Kier molecular flexibility index (Phi) is 15.9. The molecule has 3 heterocycles. The third kappa shape index (κ3) is 12.1. The predicted octanol–water partition coefficient (Wildman–Crippen LogP) is 6.94. The Balaban J connectivity index is 1.36. The zero-order valence-electron chi connectivity index (χ0n) is 30.3. The van der Waals surface area contributed by atoms with Crippen LogP contribution in [0.2, 0.25) is 0 Å². The molecule has 15 heteroatoms. The van der Waals surface area contributed by atoms with E-state index in [1.165, 1.54) is 51.4 Å². The molecule has 2 aromatic rings. The van der Waals surface area contributed by atoms with Crippen molar-refractivity contribution in [2.24, 2.45) is 17.8 Å². The predicted molar refractivity (Wildman–Crippen MR) is 212 cm³/mol. The summed E-state index contributed by atoms with van der Waals surface area (Å²) in [7, 11) is 1.50. The number of halogens is 4. The van der Waals surface area contributed by atoms with E-state index >= 15 is 8.78 Å². The summed E-state index contributed by atoms with van der Waals surface area (Å²) < 4.78 is 39.1. The number of Topliss-reactive ketones (excluding diaryl/α,β-unsaturated/α-hetero) is 1. The van der Waals surface area contributed by atoms with Gasteiger partial charge in [0, 0.05) is 59.8 Å². The first kappa shape index (κ1) is 41.4. The van der Waals surface area contributed by atoms with Crippen molar-refractivity contribution in [2.45, 2.75) is 77.7 Å². The van der Waals surface area contributed by atoms with Gasteiger partial charge in [-0.25, -0.2) is 8.91 Å². The lowest BCUT2D eigenvalue weighted by Gasteiger charge is -2.36. The number of benzene rings is 1. The van der Waals surface area contributed by atoms with Gasteiger partial charge >= 0.3 is 5.92 Å². The van der Waals surface area contributed by atoms with Gasteiger partial charge < -0.3 is 30.9 Å². The quantitative estimate of drug-likeness (QED) is 0.0824. The van der Waals surface area contributed by atoms with Gasteiger partial charge in [-0.15, -0.1) is 0 Å². The van der Waals surface area contributed by atoms with E-state index in [0.29, 0.717) is 35.9 Å². The molecule has 2 aliphatic rings. The summed E-state index contributed by atoms with van der Waals surface area (Å²) in [5, 5.41) is 6.16. The summed E-state index contributed by atoms with van der Waals surface area (Å²) in [6, 6.07) is 4.66. The molecule has 11 nitrogen and oxygen atoms in total. The number of anilines is 4. The molecule has 1 amide bonds. The maximum atomic E-state index is 15.2. The average Bonchev–Trinajstić information content (AvgIpc) is 3.11. The number of amides is 1. The zero-order valence-corrected chi connectivity index (χ0v) is 34.0. The van der Waals surface area contributed by atoms with E-state index in [2.05, 4.69) is 68.2 Å². The molecule has 1 aromatic heterocycles. The fourth-order valence-corrected chi connectivity index (χ4v) is 7.66. The van der Waals surface area contributed by atoms with E-state index in [1.807, 2.05) is 6.92 Å². The maximum Gasteiger partial charge on any atom is 0.322 e. The number of ether oxygens (including phenoxy) is 1. The number of alkyl halides is 3. The van der Waals surface area contributed by atoms with E-state index in [1.54, 1.807) is 18.2 Å². The molecule has 1 atom stereocenters. The van der Waals surface area contributed by atoms with Crippen LogP contribution >= 0.6 is 38.7 Å². The van der Waals surface area contributed by atoms with Gasteiger partial charge in [-0.3, -0.25) is 9.59 Å². The highest BCUT2D eigenvalue weighted by atomic mass is 127. The summed E-state index contributed by atoms with van der Waals surface area (Å²) in [5.41, 5.74) is 7.30. The number of likely N-dealkylation sites (tertiary alicyclic amines) is 1. The number of methoxy groups -OCH3 is 1.